The van der Waals surface area contributed by atoms with Crippen LogP contribution in [0.1, 0.15) is 31.1 Å². The van der Waals surface area contributed by atoms with Gasteiger partial charge in [0.15, 0.2) is 5.96 Å². The Kier molecular flexibility index (Phi) is 6.24. The lowest BCUT2D eigenvalue weighted by atomic mass is 10.1. The van der Waals surface area contributed by atoms with E-state index in [0.29, 0.717) is 6.54 Å². The number of aromatic nitrogens is 3. The molecular formula is C19H26N6O. The third-order valence-electron chi connectivity index (χ3n) is 4.27. The van der Waals surface area contributed by atoms with Gasteiger partial charge in [0.25, 0.3) is 0 Å². The third kappa shape index (κ3) is 4.62. The minimum atomic E-state index is 0.524. The van der Waals surface area contributed by atoms with Crippen molar-refractivity contribution in [3.8, 4) is 0 Å². The lowest BCUT2D eigenvalue weighted by Gasteiger charge is -2.11. The summed E-state index contributed by atoms with van der Waals surface area (Å²) in [5.41, 5.74) is 2.08. The zero-order valence-electron chi connectivity index (χ0n) is 15.4. The molecule has 0 aliphatic heterocycles. The van der Waals surface area contributed by atoms with Crippen molar-refractivity contribution >= 4 is 16.9 Å². The number of nitrogens with one attached hydrogen (secondary N) is 2. The third-order valence-corrected chi connectivity index (χ3v) is 4.27. The molecule has 0 aliphatic carbocycles. The fourth-order valence-electron chi connectivity index (χ4n) is 2.83. The van der Waals surface area contributed by atoms with E-state index in [9.17, 15) is 0 Å². The Morgan fingerprint density at radius 1 is 1.15 bits per heavy atom. The van der Waals surface area contributed by atoms with Gasteiger partial charge in [-0.25, -0.2) is 4.99 Å². The molecule has 26 heavy (non-hydrogen) atoms. The standard InChI is InChI=1S/C19H26N6O/c1-3-20-19(21-10-6-7-11-25-13-23-24-14-25)22-12-18-15(2)16-8-4-5-9-17(16)26-18/h4-5,8-9,13-14H,3,6-7,10-12H2,1-2H3,(H2,20,21,22). The molecule has 3 aromatic rings. The van der Waals surface area contributed by atoms with Gasteiger partial charge in [-0.2, -0.15) is 0 Å². The SMILES string of the molecule is CCNC(=NCc1oc2ccccc2c1C)NCCCCn1cnnc1. The lowest BCUT2D eigenvalue weighted by Crippen LogP contribution is -2.37. The highest BCUT2D eigenvalue weighted by Crippen LogP contribution is 2.25. The van der Waals surface area contributed by atoms with Crippen molar-refractivity contribution in [3.63, 3.8) is 0 Å². The number of furan rings is 1. The Labute approximate surface area is 153 Å². The summed E-state index contributed by atoms with van der Waals surface area (Å²) in [6.45, 7) is 7.30. The van der Waals surface area contributed by atoms with Gasteiger partial charge in [-0.05, 0) is 32.8 Å². The van der Waals surface area contributed by atoms with E-state index in [1.54, 1.807) is 12.7 Å². The van der Waals surface area contributed by atoms with Crippen molar-refractivity contribution in [3.05, 3.63) is 48.2 Å². The van der Waals surface area contributed by atoms with Crippen LogP contribution in [0.4, 0.5) is 0 Å². The van der Waals surface area contributed by atoms with Gasteiger partial charge in [0.1, 0.15) is 30.5 Å². The second kappa shape index (κ2) is 9.03. The number of rotatable bonds is 8. The van der Waals surface area contributed by atoms with E-state index >= 15 is 0 Å². The van der Waals surface area contributed by atoms with Crippen LogP contribution in [0.2, 0.25) is 0 Å². The molecule has 2 aromatic heterocycles. The summed E-state index contributed by atoms with van der Waals surface area (Å²) in [5.74, 6) is 1.73. The van der Waals surface area contributed by atoms with Crippen LogP contribution in [0.25, 0.3) is 11.0 Å². The van der Waals surface area contributed by atoms with Crippen LogP contribution < -0.4 is 10.6 Å². The normalized spacial score (nSPS) is 11.8. The summed E-state index contributed by atoms with van der Waals surface area (Å²) >= 11 is 0. The second-order valence-corrected chi connectivity index (χ2v) is 6.18. The Bertz CT molecular complexity index is 837. The molecule has 7 heteroatoms. The van der Waals surface area contributed by atoms with Gasteiger partial charge in [-0.1, -0.05) is 18.2 Å². The molecule has 1 aromatic carbocycles. The Morgan fingerprint density at radius 3 is 2.73 bits per heavy atom. The molecule has 0 atom stereocenters. The zero-order valence-corrected chi connectivity index (χ0v) is 15.4. The molecule has 0 saturated carbocycles. The van der Waals surface area contributed by atoms with Crippen molar-refractivity contribution in [2.45, 2.75) is 39.8 Å². The molecule has 0 radical (unpaired) electrons. The number of benzene rings is 1. The van der Waals surface area contributed by atoms with E-state index < -0.39 is 0 Å². The summed E-state index contributed by atoms with van der Waals surface area (Å²) in [6, 6.07) is 8.10. The molecule has 0 bridgehead atoms. The number of unbranched alkanes of at least 4 members (excludes halogenated alkanes) is 1. The highest BCUT2D eigenvalue weighted by atomic mass is 16.3. The van der Waals surface area contributed by atoms with Crippen molar-refractivity contribution in [2.75, 3.05) is 13.1 Å². The molecule has 3 rings (SSSR count). The molecular weight excluding hydrogens is 328 g/mol. The fourth-order valence-corrected chi connectivity index (χ4v) is 2.83. The van der Waals surface area contributed by atoms with E-state index in [-0.39, 0.29) is 0 Å². The van der Waals surface area contributed by atoms with Crippen molar-refractivity contribution < 1.29 is 4.42 Å². The second-order valence-electron chi connectivity index (χ2n) is 6.18. The number of hydrogen-bond acceptors (Lipinski definition) is 4. The van der Waals surface area contributed by atoms with E-state index in [1.165, 1.54) is 0 Å². The Balaban J connectivity index is 1.52. The first-order valence-electron chi connectivity index (χ1n) is 9.09. The predicted molar refractivity (Wildman–Crippen MR) is 103 cm³/mol. The van der Waals surface area contributed by atoms with Gasteiger partial charge in [-0.15, -0.1) is 10.2 Å². The van der Waals surface area contributed by atoms with Crippen molar-refractivity contribution in [1.29, 1.82) is 0 Å². The average molecular weight is 354 g/mol. The van der Waals surface area contributed by atoms with E-state index in [0.717, 1.165) is 60.7 Å². The summed E-state index contributed by atoms with van der Waals surface area (Å²) in [6.07, 6.45) is 5.60. The molecule has 138 valence electrons. The maximum atomic E-state index is 5.93. The molecule has 0 fully saturated rings. The smallest absolute Gasteiger partial charge is 0.191 e. The lowest BCUT2D eigenvalue weighted by molar-refractivity contribution is 0.547. The van der Waals surface area contributed by atoms with E-state index in [4.69, 9.17) is 4.42 Å². The molecule has 2 heterocycles. The largest absolute Gasteiger partial charge is 0.459 e. The molecule has 2 N–H and O–H groups in total. The first kappa shape index (κ1) is 18.0. The fraction of sp³-hybridized carbons (Fsp3) is 0.421. The van der Waals surface area contributed by atoms with Gasteiger partial charge in [0, 0.05) is 30.6 Å². The van der Waals surface area contributed by atoms with Crippen LogP contribution in [0.5, 0.6) is 0 Å². The number of aliphatic imine (C=N–C) groups is 1. The molecule has 0 unspecified atom stereocenters. The number of nitrogens with zero attached hydrogens (tertiary/aromatic N) is 4. The van der Waals surface area contributed by atoms with Crippen LogP contribution in [-0.2, 0) is 13.1 Å². The first-order valence-corrected chi connectivity index (χ1v) is 9.09. The predicted octanol–water partition coefficient (Wildman–Crippen LogP) is 2.87. The minimum Gasteiger partial charge on any atom is -0.459 e. The monoisotopic (exact) mass is 354 g/mol. The summed E-state index contributed by atoms with van der Waals surface area (Å²) in [7, 11) is 0. The number of aryl methyl sites for hydroxylation is 2. The van der Waals surface area contributed by atoms with Crippen molar-refractivity contribution in [2.24, 2.45) is 4.99 Å². The van der Waals surface area contributed by atoms with Gasteiger partial charge in [-0.3, -0.25) is 0 Å². The van der Waals surface area contributed by atoms with Gasteiger partial charge in [0.2, 0.25) is 0 Å². The maximum Gasteiger partial charge on any atom is 0.191 e. The van der Waals surface area contributed by atoms with Gasteiger partial charge in [0.05, 0.1) is 0 Å². The van der Waals surface area contributed by atoms with Gasteiger partial charge >= 0.3 is 0 Å². The van der Waals surface area contributed by atoms with Gasteiger partial charge < -0.3 is 19.6 Å². The molecule has 0 amide bonds. The van der Waals surface area contributed by atoms with Crippen LogP contribution in [0.15, 0.2) is 46.3 Å². The highest BCUT2D eigenvalue weighted by molar-refractivity contribution is 5.82. The Hall–Kier alpha value is -2.83. The van der Waals surface area contributed by atoms with E-state index in [2.05, 4.69) is 45.7 Å². The van der Waals surface area contributed by atoms with Crippen LogP contribution in [0.3, 0.4) is 0 Å². The summed E-state index contributed by atoms with van der Waals surface area (Å²) in [4.78, 5) is 4.66. The number of fused-ring (bicyclic) bond motifs is 1. The topological polar surface area (TPSA) is 80.3 Å². The minimum absolute atomic E-state index is 0.524. The molecule has 0 spiro atoms. The zero-order chi connectivity index (χ0) is 18.2. The molecule has 7 nitrogen and oxygen atoms in total. The number of hydrogen-bond donors (Lipinski definition) is 2. The molecule has 0 saturated heterocycles. The molecule has 0 aliphatic rings. The number of guanidine groups is 1. The maximum absolute atomic E-state index is 5.93. The van der Waals surface area contributed by atoms with Crippen LogP contribution in [-0.4, -0.2) is 33.8 Å². The van der Waals surface area contributed by atoms with Crippen LogP contribution in [0, 0.1) is 6.92 Å². The average Bonchev–Trinajstić information content (AvgIpc) is 3.28. The summed E-state index contributed by atoms with van der Waals surface area (Å²) in [5, 5.41) is 15.4. The summed E-state index contributed by atoms with van der Waals surface area (Å²) < 4.78 is 7.92. The first-order chi connectivity index (χ1) is 12.8. The number of para-hydroxylation sites is 1. The Morgan fingerprint density at radius 2 is 1.96 bits per heavy atom. The van der Waals surface area contributed by atoms with E-state index in [1.807, 2.05) is 22.8 Å². The highest BCUT2D eigenvalue weighted by Gasteiger charge is 2.09. The van der Waals surface area contributed by atoms with Crippen LogP contribution >= 0.6 is 0 Å². The van der Waals surface area contributed by atoms with Crippen molar-refractivity contribution in [1.82, 2.24) is 25.4 Å². The quantitative estimate of drug-likeness (QED) is 0.369.